The third-order valence-corrected chi connectivity index (χ3v) is 4.25. The van der Waals surface area contributed by atoms with Gasteiger partial charge in [-0.15, -0.1) is 0 Å². The summed E-state index contributed by atoms with van der Waals surface area (Å²) in [6.07, 6.45) is 5.58. The molecule has 0 bridgehead atoms. The quantitative estimate of drug-likeness (QED) is 0.788. The first kappa shape index (κ1) is 11.7. The lowest BCUT2D eigenvalue weighted by Crippen LogP contribution is -2.40. The monoisotopic (exact) mass is 217 g/mol. The van der Waals surface area contributed by atoms with Crippen molar-refractivity contribution in [1.29, 1.82) is 0 Å². The second-order valence-corrected chi connectivity index (χ2v) is 5.22. The molecule has 1 atom stereocenters. The molecule has 1 nitrogen and oxygen atoms in total. The van der Waals surface area contributed by atoms with Crippen LogP contribution in [0.15, 0.2) is 30.3 Å². The molecule has 0 heterocycles. The summed E-state index contributed by atoms with van der Waals surface area (Å²) in [5, 5.41) is 3.69. The van der Waals surface area contributed by atoms with Crippen LogP contribution in [0.3, 0.4) is 0 Å². The molecule has 0 aliphatic heterocycles. The van der Waals surface area contributed by atoms with Gasteiger partial charge in [0.05, 0.1) is 0 Å². The Morgan fingerprint density at radius 2 is 1.94 bits per heavy atom. The van der Waals surface area contributed by atoms with Crippen LogP contribution in [0.5, 0.6) is 0 Å². The van der Waals surface area contributed by atoms with E-state index in [4.69, 9.17) is 0 Å². The van der Waals surface area contributed by atoms with E-state index in [1.165, 1.54) is 37.8 Å². The lowest BCUT2D eigenvalue weighted by Gasteiger charge is -2.42. The second kappa shape index (κ2) is 5.01. The minimum absolute atomic E-state index is 0.477. The summed E-state index contributed by atoms with van der Waals surface area (Å²) < 4.78 is 0. The van der Waals surface area contributed by atoms with Crippen molar-refractivity contribution >= 4 is 0 Å². The average Bonchev–Trinajstić information content (AvgIpc) is 2.29. The zero-order chi connectivity index (χ0) is 11.4. The predicted molar refractivity (Wildman–Crippen MR) is 69.4 cm³/mol. The normalized spacial score (nSPS) is 20.1. The van der Waals surface area contributed by atoms with Gasteiger partial charge in [-0.3, -0.25) is 0 Å². The van der Waals surface area contributed by atoms with Gasteiger partial charge in [-0.05, 0) is 37.2 Å². The summed E-state index contributed by atoms with van der Waals surface area (Å²) in [5.41, 5.74) is 2.01. The highest BCUT2D eigenvalue weighted by atomic mass is 14.9. The van der Waals surface area contributed by atoms with Gasteiger partial charge < -0.3 is 5.32 Å². The van der Waals surface area contributed by atoms with Crippen molar-refractivity contribution < 1.29 is 0 Å². The van der Waals surface area contributed by atoms with Gasteiger partial charge in [-0.1, -0.05) is 43.7 Å². The van der Waals surface area contributed by atoms with Crippen molar-refractivity contribution in [3.63, 3.8) is 0 Å². The van der Waals surface area contributed by atoms with Gasteiger partial charge >= 0.3 is 0 Å². The lowest BCUT2D eigenvalue weighted by atomic mass is 9.67. The molecule has 1 unspecified atom stereocenters. The lowest BCUT2D eigenvalue weighted by molar-refractivity contribution is 0.120. The van der Waals surface area contributed by atoms with Gasteiger partial charge in [0.1, 0.15) is 0 Å². The molecule has 1 saturated carbocycles. The minimum Gasteiger partial charge on any atom is -0.310 e. The van der Waals surface area contributed by atoms with E-state index in [9.17, 15) is 0 Å². The molecule has 0 aromatic heterocycles. The largest absolute Gasteiger partial charge is 0.310 e. The molecule has 2 rings (SSSR count). The SMILES string of the molecule is CCC1(CNC(C)c2ccccc2)CCC1. The number of nitrogens with one attached hydrogen (secondary N) is 1. The van der Waals surface area contributed by atoms with Gasteiger partial charge in [-0.25, -0.2) is 0 Å². The van der Waals surface area contributed by atoms with Crippen molar-refractivity contribution in [1.82, 2.24) is 5.32 Å². The Morgan fingerprint density at radius 3 is 2.44 bits per heavy atom. The summed E-state index contributed by atoms with van der Waals surface area (Å²) in [5.74, 6) is 0. The number of hydrogen-bond acceptors (Lipinski definition) is 1. The molecular formula is C15H23N. The van der Waals surface area contributed by atoms with E-state index in [1.54, 1.807) is 0 Å². The third-order valence-electron chi connectivity index (χ3n) is 4.25. The maximum Gasteiger partial charge on any atom is 0.0292 e. The standard InChI is InChI=1S/C15H23N/c1-3-15(10-7-11-15)12-16-13(2)14-8-5-4-6-9-14/h4-6,8-9,13,16H,3,7,10-12H2,1-2H3. The Labute approximate surface area is 99.3 Å². The van der Waals surface area contributed by atoms with Crippen LogP contribution in [0.4, 0.5) is 0 Å². The van der Waals surface area contributed by atoms with E-state index in [0.29, 0.717) is 11.5 Å². The second-order valence-electron chi connectivity index (χ2n) is 5.22. The first-order chi connectivity index (χ1) is 7.76. The molecule has 1 N–H and O–H groups in total. The van der Waals surface area contributed by atoms with Gasteiger partial charge in [0.25, 0.3) is 0 Å². The van der Waals surface area contributed by atoms with Crippen LogP contribution in [0.2, 0.25) is 0 Å². The molecule has 1 aromatic carbocycles. The molecule has 16 heavy (non-hydrogen) atoms. The minimum atomic E-state index is 0.477. The first-order valence-corrected chi connectivity index (χ1v) is 6.54. The van der Waals surface area contributed by atoms with Gasteiger partial charge in [0.15, 0.2) is 0 Å². The fourth-order valence-corrected chi connectivity index (χ4v) is 2.56. The van der Waals surface area contributed by atoms with Crippen LogP contribution in [0.1, 0.15) is 51.1 Å². The Kier molecular flexibility index (Phi) is 3.65. The summed E-state index contributed by atoms with van der Waals surface area (Å²) in [7, 11) is 0. The topological polar surface area (TPSA) is 12.0 Å². The highest BCUT2D eigenvalue weighted by Gasteiger charge is 2.34. The van der Waals surface area contributed by atoms with Gasteiger partial charge in [0, 0.05) is 12.6 Å². The summed E-state index contributed by atoms with van der Waals surface area (Å²) in [4.78, 5) is 0. The highest BCUT2D eigenvalue weighted by Crippen LogP contribution is 2.43. The zero-order valence-electron chi connectivity index (χ0n) is 10.5. The first-order valence-electron chi connectivity index (χ1n) is 6.54. The number of hydrogen-bond donors (Lipinski definition) is 1. The van der Waals surface area contributed by atoms with E-state index < -0.39 is 0 Å². The van der Waals surface area contributed by atoms with Gasteiger partial charge in [-0.2, -0.15) is 0 Å². The van der Waals surface area contributed by atoms with Crippen LogP contribution in [-0.2, 0) is 0 Å². The van der Waals surface area contributed by atoms with Crippen LogP contribution in [-0.4, -0.2) is 6.54 Å². The summed E-state index contributed by atoms with van der Waals surface area (Å²) in [6.45, 7) is 5.77. The van der Waals surface area contributed by atoms with E-state index in [-0.39, 0.29) is 0 Å². The van der Waals surface area contributed by atoms with E-state index >= 15 is 0 Å². The van der Waals surface area contributed by atoms with Crippen LogP contribution in [0.25, 0.3) is 0 Å². The van der Waals surface area contributed by atoms with Crippen LogP contribution < -0.4 is 5.32 Å². The maximum absolute atomic E-state index is 3.69. The van der Waals surface area contributed by atoms with Crippen LogP contribution >= 0.6 is 0 Å². The number of rotatable bonds is 5. The third kappa shape index (κ3) is 2.46. The molecule has 0 amide bonds. The Hall–Kier alpha value is -0.820. The highest BCUT2D eigenvalue weighted by molar-refractivity contribution is 5.18. The molecular weight excluding hydrogens is 194 g/mol. The molecule has 1 aliphatic carbocycles. The van der Waals surface area contributed by atoms with Crippen molar-refractivity contribution in [2.24, 2.45) is 5.41 Å². The van der Waals surface area contributed by atoms with E-state index in [2.05, 4.69) is 49.5 Å². The van der Waals surface area contributed by atoms with Crippen molar-refractivity contribution in [2.45, 2.75) is 45.6 Å². The molecule has 0 saturated heterocycles. The van der Waals surface area contributed by atoms with E-state index in [1.807, 2.05) is 0 Å². The summed E-state index contributed by atoms with van der Waals surface area (Å²) >= 11 is 0. The molecule has 1 heteroatoms. The predicted octanol–water partition coefficient (Wildman–Crippen LogP) is 3.92. The summed E-state index contributed by atoms with van der Waals surface area (Å²) in [6, 6.07) is 11.2. The smallest absolute Gasteiger partial charge is 0.0292 e. The fraction of sp³-hybridized carbons (Fsp3) is 0.600. The molecule has 88 valence electrons. The number of benzene rings is 1. The van der Waals surface area contributed by atoms with Crippen molar-refractivity contribution in [3.05, 3.63) is 35.9 Å². The molecule has 0 spiro atoms. The fourth-order valence-electron chi connectivity index (χ4n) is 2.56. The van der Waals surface area contributed by atoms with Crippen molar-refractivity contribution in [2.75, 3.05) is 6.54 Å². The maximum atomic E-state index is 3.69. The van der Waals surface area contributed by atoms with Crippen molar-refractivity contribution in [3.8, 4) is 0 Å². The van der Waals surface area contributed by atoms with Gasteiger partial charge in [0.2, 0.25) is 0 Å². The molecule has 1 aliphatic rings. The molecule has 1 fully saturated rings. The average molecular weight is 217 g/mol. The zero-order valence-corrected chi connectivity index (χ0v) is 10.5. The van der Waals surface area contributed by atoms with E-state index in [0.717, 1.165) is 0 Å². The molecule has 1 aromatic rings. The Bertz CT molecular complexity index is 308. The molecule has 0 radical (unpaired) electrons. The Balaban J connectivity index is 1.86. The van der Waals surface area contributed by atoms with Crippen LogP contribution in [0, 0.1) is 5.41 Å². The Morgan fingerprint density at radius 1 is 1.25 bits per heavy atom.